The molecule has 1 aliphatic rings. The molecular formula is C16H22ClN3O2. The molecule has 1 atom stereocenters. The van der Waals surface area contributed by atoms with E-state index in [-0.39, 0.29) is 18.0 Å². The summed E-state index contributed by atoms with van der Waals surface area (Å²) in [6.07, 6.45) is 2.51. The summed E-state index contributed by atoms with van der Waals surface area (Å²) in [5.41, 5.74) is 0.979. The maximum atomic E-state index is 11.8. The molecule has 0 aliphatic carbocycles. The van der Waals surface area contributed by atoms with Gasteiger partial charge < -0.3 is 15.5 Å². The van der Waals surface area contributed by atoms with Crippen LogP contribution < -0.4 is 10.6 Å². The molecule has 6 heteroatoms. The fourth-order valence-corrected chi connectivity index (χ4v) is 2.62. The number of amides is 3. The average Bonchev–Trinajstić information content (AvgIpc) is 3.02. The zero-order valence-electron chi connectivity index (χ0n) is 12.8. The first-order chi connectivity index (χ1) is 10.6. The highest BCUT2D eigenvalue weighted by Crippen LogP contribution is 2.15. The maximum absolute atomic E-state index is 11.8. The highest BCUT2D eigenvalue weighted by atomic mass is 35.5. The Kier molecular flexibility index (Phi) is 6.07. The number of carbonyl (C=O) groups is 2. The number of urea groups is 1. The Morgan fingerprint density at radius 1 is 1.23 bits per heavy atom. The second-order valence-electron chi connectivity index (χ2n) is 5.51. The van der Waals surface area contributed by atoms with Crippen molar-refractivity contribution in [2.45, 2.75) is 32.2 Å². The van der Waals surface area contributed by atoms with Gasteiger partial charge in [-0.3, -0.25) is 4.79 Å². The number of rotatable bonds is 5. The molecule has 2 N–H and O–H groups in total. The summed E-state index contributed by atoms with van der Waals surface area (Å²) in [7, 11) is 0. The van der Waals surface area contributed by atoms with Gasteiger partial charge in [-0.2, -0.15) is 0 Å². The number of likely N-dealkylation sites (tertiary alicyclic amines) is 1. The first kappa shape index (κ1) is 16.6. The van der Waals surface area contributed by atoms with Gasteiger partial charge in [-0.15, -0.1) is 0 Å². The topological polar surface area (TPSA) is 61.4 Å². The minimum Gasteiger partial charge on any atom is -0.343 e. The lowest BCUT2D eigenvalue weighted by molar-refractivity contribution is -0.129. The second kappa shape index (κ2) is 8.03. The van der Waals surface area contributed by atoms with Crippen molar-refractivity contribution in [1.29, 1.82) is 0 Å². The zero-order chi connectivity index (χ0) is 15.9. The van der Waals surface area contributed by atoms with Crippen LogP contribution in [0.25, 0.3) is 0 Å². The van der Waals surface area contributed by atoms with Crippen LogP contribution in [0.3, 0.4) is 0 Å². The van der Waals surface area contributed by atoms with Crippen molar-refractivity contribution >= 4 is 23.5 Å². The van der Waals surface area contributed by atoms with E-state index < -0.39 is 0 Å². The number of hydrogen-bond donors (Lipinski definition) is 2. The molecule has 0 bridgehead atoms. The molecule has 3 amide bonds. The third-order valence-electron chi connectivity index (χ3n) is 3.80. The van der Waals surface area contributed by atoms with E-state index in [1.165, 1.54) is 0 Å². The highest BCUT2D eigenvalue weighted by molar-refractivity contribution is 6.30. The van der Waals surface area contributed by atoms with Gasteiger partial charge in [0.2, 0.25) is 5.91 Å². The van der Waals surface area contributed by atoms with E-state index in [2.05, 4.69) is 10.6 Å². The molecule has 1 fully saturated rings. The SMILES string of the molecule is CC(NC(=O)NCCC(=O)N1CCCC1)c1ccc(Cl)cc1. The van der Waals surface area contributed by atoms with Crippen LogP contribution in [0.5, 0.6) is 0 Å². The summed E-state index contributed by atoms with van der Waals surface area (Å²) >= 11 is 5.84. The summed E-state index contributed by atoms with van der Waals surface area (Å²) in [5, 5.41) is 6.23. The van der Waals surface area contributed by atoms with E-state index in [0.717, 1.165) is 31.5 Å². The Morgan fingerprint density at radius 3 is 2.50 bits per heavy atom. The van der Waals surface area contributed by atoms with Crippen LogP contribution in [0.1, 0.15) is 37.8 Å². The highest BCUT2D eigenvalue weighted by Gasteiger charge is 2.17. The van der Waals surface area contributed by atoms with Gasteiger partial charge in [-0.1, -0.05) is 23.7 Å². The van der Waals surface area contributed by atoms with Gasteiger partial charge in [-0.25, -0.2) is 4.79 Å². The van der Waals surface area contributed by atoms with E-state index in [0.29, 0.717) is 18.0 Å². The number of hydrogen-bond acceptors (Lipinski definition) is 2. The molecule has 1 saturated heterocycles. The van der Waals surface area contributed by atoms with Crippen LogP contribution in [0, 0.1) is 0 Å². The zero-order valence-corrected chi connectivity index (χ0v) is 13.5. The lowest BCUT2D eigenvalue weighted by atomic mass is 10.1. The largest absolute Gasteiger partial charge is 0.343 e. The first-order valence-corrected chi connectivity index (χ1v) is 8.01. The molecule has 0 radical (unpaired) electrons. The number of nitrogens with zero attached hydrogens (tertiary/aromatic N) is 1. The summed E-state index contributed by atoms with van der Waals surface area (Å²) in [5.74, 6) is 0.114. The summed E-state index contributed by atoms with van der Waals surface area (Å²) in [4.78, 5) is 25.5. The van der Waals surface area contributed by atoms with Crippen LogP contribution in [0.15, 0.2) is 24.3 Å². The number of halogens is 1. The summed E-state index contributed by atoms with van der Waals surface area (Å²) in [6.45, 7) is 3.95. The smallest absolute Gasteiger partial charge is 0.315 e. The van der Waals surface area contributed by atoms with Crippen LogP contribution in [0.2, 0.25) is 5.02 Å². The molecule has 120 valence electrons. The first-order valence-electron chi connectivity index (χ1n) is 7.64. The molecule has 0 aromatic heterocycles. The van der Waals surface area contributed by atoms with E-state index in [4.69, 9.17) is 11.6 Å². The fourth-order valence-electron chi connectivity index (χ4n) is 2.49. The number of benzene rings is 1. The Hall–Kier alpha value is -1.75. The van der Waals surface area contributed by atoms with Crippen molar-refractivity contribution in [1.82, 2.24) is 15.5 Å². The Labute approximate surface area is 136 Å². The molecule has 1 heterocycles. The lowest BCUT2D eigenvalue weighted by Gasteiger charge is -2.17. The van der Waals surface area contributed by atoms with Gasteiger partial charge in [0.15, 0.2) is 0 Å². The van der Waals surface area contributed by atoms with Crippen molar-refractivity contribution in [3.8, 4) is 0 Å². The Bertz CT molecular complexity index is 513. The quantitative estimate of drug-likeness (QED) is 0.875. The third kappa shape index (κ3) is 4.91. The standard InChI is InChI=1S/C16H22ClN3O2/c1-12(13-4-6-14(17)7-5-13)19-16(22)18-9-8-15(21)20-10-2-3-11-20/h4-7,12H,2-3,8-11H2,1H3,(H2,18,19,22). The minimum absolute atomic E-state index is 0.114. The Morgan fingerprint density at radius 2 is 1.86 bits per heavy atom. The number of carbonyl (C=O) groups excluding carboxylic acids is 2. The summed E-state index contributed by atoms with van der Waals surface area (Å²) < 4.78 is 0. The molecule has 0 saturated carbocycles. The second-order valence-corrected chi connectivity index (χ2v) is 5.95. The predicted molar refractivity (Wildman–Crippen MR) is 86.8 cm³/mol. The normalized spacial score (nSPS) is 15.5. The maximum Gasteiger partial charge on any atom is 0.315 e. The van der Waals surface area contributed by atoms with Gasteiger partial charge in [0, 0.05) is 31.1 Å². The molecule has 1 aliphatic heterocycles. The van der Waals surface area contributed by atoms with Crippen molar-refractivity contribution in [3.63, 3.8) is 0 Å². The molecule has 2 rings (SSSR count). The van der Waals surface area contributed by atoms with Crippen molar-refractivity contribution in [2.24, 2.45) is 0 Å². The molecule has 1 aromatic rings. The molecule has 5 nitrogen and oxygen atoms in total. The van der Waals surface area contributed by atoms with Crippen molar-refractivity contribution in [2.75, 3.05) is 19.6 Å². The summed E-state index contributed by atoms with van der Waals surface area (Å²) in [6, 6.07) is 6.96. The molecule has 1 unspecified atom stereocenters. The lowest BCUT2D eigenvalue weighted by Crippen LogP contribution is -2.39. The van der Waals surface area contributed by atoms with E-state index in [1.807, 2.05) is 24.0 Å². The minimum atomic E-state index is -0.267. The predicted octanol–water partition coefficient (Wildman–Crippen LogP) is 2.71. The van der Waals surface area contributed by atoms with Gasteiger partial charge in [0.25, 0.3) is 0 Å². The average molecular weight is 324 g/mol. The Balaban J connectivity index is 1.68. The van der Waals surface area contributed by atoms with Crippen LogP contribution in [-0.2, 0) is 4.79 Å². The van der Waals surface area contributed by atoms with Crippen LogP contribution in [0.4, 0.5) is 4.79 Å². The van der Waals surface area contributed by atoms with E-state index in [9.17, 15) is 9.59 Å². The van der Waals surface area contributed by atoms with E-state index in [1.54, 1.807) is 12.1 Å². The monoisotopic (exact) mass is 323 g/mol. The number of nitrogens with one attached hydrogen (secondary N) is 2. The van der Waals surface area contributed by atoms with Gasteiger partial charge in [0.1, 0.15) is 0 Å². The van der Waals surface area contributed by atoms with Crippen LogP contribution in [-0.4, -0.2) is 36.5 Å². The molecule has 0 spiro atoms. The third-order valence-corrected chi connectivity index (χ3v) is 4.05. The van der Waals surface area contributed by atoms with Crippen LogP contribution >= 0.6 is 11.6 Å². The molecule has 1 aromatic carbocycles. The molecular weight excluding hydrogens is 302 g/mol. The van der Waals surface area contributed by atoms with Crippen molar-refractivity contribution in [3.05, 3.63) is 34.9 Å². The fraction of sp³-hybridized carbons (Fsp3) is 0.500. The molecule has 22 heavy (non-hydrogen) atoms. The van der Waals surface area contributed by atoms with Crippen molar-refractivity contribution < 1.29 is 9.59 Å². The van der Waals surface area contributed by atoms with Gasteiger partial charge >= 0.3 is 6.03 Å². The van der Waals surface area contributed by atoms with Gasteiger partial charge in [-0.05, 0) is 37.5 Å². The van der Waals surface area contributed by atoms with E-state index >= 15 is 0 Å². The van der Waals surface area contributed by atoms with Gasteiger partial charge in [0.05, 0.1) is 6.04 Å².